The number of carbonyl (C=O) groups is 4. The van der Waals surface area contributed by atoms with Crippen LogP contribution in [0.2, 0.25) is 0 Å². The number of carboxylic acid groups (broad SMARTS) is 1. The third kappa shape index (κ3) is 4.04. The summed E-state index contributed by atoms with van der Waals surface area (Å²) < 4.78 is 0. The van der Waals surface area contributed by atoms with Gasteiger partial charge in [-0.15, -0.1) is 34.4 Å². The van der Waals surface area contributed by atoms with Crippen molar-refractivity contribution in [2.24, 2.45) is 0 Å². The Bertz CT molecular complexity index is 1060. The van der Waals surface area contributed by atoms with Crippen molar-refractivity contribution >= 4 is 75.5 Å². The number of fused-ring (bicyclic) bond motifs is 1. The number of carboxylic acids is 1. The first-order valence-electron chi connectivity index (χ1n) is 8.74. The predicted molar refractivity (Wildman–Crippen MR) is 117 cm³/mol. The van der Waals surface area contributed by atoms with E-state index in [1.165, 1.54) is 39.3 Å². The number of hydrogen-bond acceptors (Lipinski definition) is 8. The second-order valence-corrected chi connectivity index (χ2v) is 9.96. The van der Waals surface area contributed by atoms with Crippen LogP contribution in [0.15, 0.2) is 28.6 Å². The van der Waals surface area contributed by atoms with E-state index in [0.717, 1.165) is 4.88 Å². The molecule has 0 unspecified atom stereocenters. The Morgan fingerprint density at radius 2 is 2.10 bits per heavy atom. The van der Waals surface area contributed by atoms with Gasteiger partial charge in [0, 0.05) is 21.6 Å². The van der Waals surface area contributed by atoms with Gasteiger partial charge in [0.1, 0.15) is 22.1 Å². The molecule has 4 rings (SSSR count). The van der Waals surface area contributed by atoms with Crippen molar-refractivity contribution in [3.63, 3.8) is 0 Å². The van der Waals surface area contributed by atoms with Crippen molar-refractivity contribution in [3.05, 3.63) is 44.2 Å². The van der Waals surface area contributed by atoms with Crippen LogP contribution < -0.4 is 5.32 Å². The third-order valence-electron chi connectivity index (χ3n) is 4.54. The van der Waals surface area contributed by atoms with E-state index in [0.29, 0.717) is 22.0 Å². The average molecular weight is 482 g/mol. The van der Waals surface area contributed by atoms with Crippen molar-refractivity contribution < 1.29 is 24.3 Å². The summed E-state index contributed by atoms with van der Waals surface area (Å²) in [6.07, 6.45) is -0.0194. The lowest BCUT2D eigenvalue weighted by Crippen LogP contribution is -2.70. The molecule has 0 bridgehead atoms. The molecule has 8 nitrogen and oxygen atoms in total. The molecule has 30 heavy (non-hydrogen) atoms. The van der Waals surface area contributed by atoms with Crippen LogP contribution in [0.3, 0.4) is 0 Å². The lowest BCUT2D eigenvalue weighted by Gasteiger charge is -2.49. The highest BCUT2D eigenvalue weighted by atomic mass is 32.2. The maximum atomic E-state index is 12.8. The minimum absolute atomic E-state index is 0.145. The number of β-lactam (4-membered cyclic amide) rings is 1. The zero-order chi connectivity index (χ0) is 21.4. The van der Waals surface area contributed by atoms with Gasteiger partial charge in [0.15, 0.2) is 0 Å². The normalized spacial score (nSPS) is 20.6. The molecule has 2 aromatic rings. The second kappa shape index (κ2) is 8.53. The highest BCUT2D eigenvalue weighted by Gasteiger charge is 2.54. The Labute approximate surface area is 188 Å². The molecule has 2 aromatic heterocycles. The van der Waals surface area contributed by atoms with E-state index < -0.39 is 22.5 Å². The monoisotopic (exact) mass is 481 g/mol. The number of nitrogens with zero attached hydrogens (tertiary/aromatic N) is 2. The fourth-order valence-electron chi connectivity index (χ4n) is 3.26. The Balaban J connectivity index is 1.53. The summed E-state index contributed by atoms with van der Waals surface area (Å²) >= 11 is 8.06. The summed E-state index contributed by atoms with van der Waals surface area (Å²) in [6.45, 7) is 0. The van der Waals surface area contributed by atoms with Gasteiger partial charge in [0.25, 0.3) is 5.91 Å². The van der Waals surface area contributed by atoms with E-state index in [9.17, 15) is 19.2 Å². The molecule has 0 aromatic carbocycles. The highest BCUT2D eigenvalue weighted by molar-refractivity contribution is 8.00. The Hall–Kier alpha value is -2.15. The average Bonchev–Trinajstić information content (AvgIpc) is 3.36. The molecule has 0 saturated carbocycles. The summed E-state index contributed by atoms with van der Waals surface area (Å²) in [6, 6.07) is 3.01. The first-order valence-corrected chi connectivity index (χ1v) is 12.0. The molecule has 4 heterocycles. The quantitative estimate of drug-likeness (QED) is 0.407. The zero-order valence-corrected chi connectivity index (χ0v) is 18.6. The van der Waals surface area contributed by atoms with Crippen molar-refractivity contribution in [1.82, 2.24) is 15.2 Å². The van der Waals surface area contributed by atoms with Crippen LogP contribution in [-0.2, 0) is 32.0 Å². The van der Waals surface area contributed by atoms with Gasteiger partial charge in [-0.2, -0.15) is 0 Å². The van der Waals surface area contributed by atoms with Crippen LogP contribution in [0.5, 0.6) is 0 Å². The third-order valence-corrected chi connectivity index (χ3v) is 7.86. The minimum Gasteiger partial charge on any atom is -0.481 e. The van der Waals surface area contributed by atoms with Gasteiger partial charge in [0.05, 0.1) is 18.5 Å². The van der Waals surface area contributed by atoms with Crippen molar-refractivity contribution in [3.8, 4) is 0 Å². The van der Waals surface area contributed by atoms with Gasteiger partial charge in [-0.1, -0.05) is 18.7 Å². The van der Waals surface area contributed by atoms with E-state index >= 15 is 0 Å². The van der Waals surface area contributed by atoms with Crippen LogP contribution in [0.1, 0.15) is 15.6 Å². The molecule has 2 N–H and O–H groups in total. The molecule has 2 aliphatic heterocycles. The first-order chi connectivity index (χ1) is 14.3. The SMILES string of the molecule is O=C(O)Cc1csc(C2=C(C(=O)S)N3C(=O)[C@@H](NC(=O)Cc4cccs4)[C@H]3SC2)n1. The number of amides is 2. The molecular formula is C18H15N3O5S4. The van der Waals surface area contributed by atoms with Gasteiger partial charge >= 0.3 is 5.97 Å². The molecule has 0 spiro atoms. The fraction of sp³-hybridized carbons (Fsp3) is 0.278. The maximum absolute atomic E-state index is 12.8. The van der Waals surface area contributed by atoms with Crippen molar-refractivity contribution in [2.45, 2.75) is 24.3 Å². The Morgan fingerprint density at radius 3 is 2.77 bits per heavy atom. The fourth-order valence-corrected chi connectivity index (χ4v) is 6.51. The number of thiol groups is 1. The van der Waals surface area contributed by atoms with Crippen molar-refractivity contribution in [1.29, 1.82) is 0 Å². The first kappa shape index (κ1) is 21.1. The highest BCUT2D eigenvalue weighted by Crippen LogP contribution is 2.44. The van der Waals surface area contributed by atoms with Crippen molar-refractivity contribution in [2.75, 3.05) is 5.75 Å². The number of rotatable bonds is 7. The zero-order valence-electron chi connectivity index (χ0n) is 15.2. The molecule has 2 amide bonds. The Morgan fingerprint density at radius 1 is 1.30 bits per heavy atom. The second-order valence-electron chi connectivity index (χ2n) is 6.56. The van der Waals surface area contributed by atoms with Crippen LogP contribution in [0.25, 0.3) is 5.57 Å². The number of aliphatic carboxylic acids is 1. The largest absolute Gasteiger partial charge is 0.481 e. The van der Waals surface area contributed by atoms with E-state index in [1.54, 1.807) is 5.38 Å². The van der Waals surface area contributed by atoms with Crippen LogP contribution in [0.4, 0.5) is 0 Å². The number of thioether (sulfide) groups is 1. The summed E-state index contributed by atoms with van der Waals surface area (Å²) in [5, 5.41) is 14.7. The number of thiazole rings is 1. The topological polar surface area (TPSA) is 117 Å². The molecule has 2 atom stereocenters. The van der Waals surface area contributed by atoms with E-state index in [2.05, 4.69) is 22.9 Å². The van der Waals surface area contributed by atoms with E-state index in [1.807, 2.05) is 17.5 Å². The van der Waals surface area contributed by atoms with Gasteiger partial charge in [-0.3, -0.25) is 24.1 Å². The number of thiophene rings is 1. The van der Waals surface area contributed by atoms with E-state index in [-0.39, 0.29) is 30.4 Å². The smallest absolute Gasteiger partial charge is 0.309 e. The lowest BCUT2D eigenvalue weighted by atomic mass is 10.0. The molecule has 2 aliphatic rings. The Kier molecular flexibility index (Phi) is 6.00. The van der Waals surface area contributed by atoms with Crippen LogP contribution in [0, 0.1) is 0 Å². The van der Waals surface area contributed by atoms with E-state index in [4.69, 9.17) is 5.11 Å². The van der Waals surface area contributed by atoms with Gasteiger partial charge in [-0.25, -0.2) is 4.98 Å². The summed E-state index contributed by atoms with van der Waals surface area (Å²) in [7, 11) is 0. The molecular weight excluding hydrogens is 466 g/mol. The summed E-state index contributed by atoms with van der Waals surface area (Å²) in [5.41, 5.74) is 1.09. The molecule has 12 heteroatoms. The number of aromatic nitrogens is 1. The van der Waals surface area contributed by atoms with Crippen LogP contribution >= 0.6 is 47.1 Å². The maximum Gasteiger partial charge on any atom is 0.309 e. The summed E-state index contributed by atoms with van der Waals surface area (Å²) in [5.74, 6) is -1.22. The van der Waals surface area contributed by atoms with Gasteiger partial charge in [-0.05, 0) is 11.4 Å². The minimum atomic E-state index is -0.997. The number of nitrogens with one attached hydrogen (secondary N) is 1. The molecule has 0 radical (unpaired) electrons. The molecule has 1 fully saturated rings. The standard InChI is InChI=1S/C18H15N3O5S4/c22-11(5-9-2-1-3-28-9)20-13-16(25)21-14(18(26)27)10(7-30-17(13)21)15-19-8(6-29-15)4-12(23)24/h1-3,6,13,17H,4-5,7H2,(H,20,22)(H,23,24)(H,26,27)/t13-,17-/m1/s1. The molecule has 0 aliphatic carbocycles. The summed E-state index contributed by atoms with van der Waals surface area (Å²) in [4.78, 5) is 54.7. The number of hydrogen-bond donors (Lipinski definition) is 3. The number of carbonyl (C=O) groups excluding carboxylic acids is 3. The van der Waals surface area contributed by atoms with Crippen LogP contribution in [-0.4, -0.2) is 55.1 Å². The van der Waals surface area contributed by atoms with Gasteiger partial charge in [0.2, 0.25) is 11.0 Å². The van der Waals surface area contributed by atoms with Gasteiger partial charge < -0.3 is 10.4 Å². The predicted octanol–water partition coefficient (Wildman–Crippen LogP) is 1.64. The lowest BCUT2D eigenvalue weighted by molar-refractivity contribution is -0.146. The molecule has 1 saturated heterocycles. The molecule has 156 valence electrons.